The van der Waals surface area contributed by atoms with Crippen molar-refractivity contribution < 1.29 is 31.2 Å². The zero-order valence-corrected chi connectivity index (χ0v) is 22.5. The van der Waals surface area contributed by atoms with Gasteiger partial charge in [-0.2, -0.15) is 9.30 Å². The number of sulfone groups is 1. The Hall–Kier alpha value is -2.58. The molecular weight excluding hydrogens is 550 g/mol. The van der Waals surface area contributed by atoms with E-state index in [1.165, 1.54) is 54.1 Å². The standard InChI is InChI=1S/C22H22ClN3O7S3/c1-33-20(27)13-25-17-10-9-16(35(2,29)30)12-19(17)34-22(25)24-21(28)18-4-3-11-26(18)36(31,32)15-7-5-14(23)6-8-15/h5-10,12,18H,3-4,11,13H2,1-2H3. The van der Waals surface area contributed by atoms with E-state index in [4.69, 9.17) is 16.3 Å². The second-order valence-corrected chi connectivity index (χ2v) is 13.5. The molecule has 1 fully saturated rings. The number of halogens is 1. The molecule has 10 nitrogen and oxygen atoms in total. The molecule has 1 aliphatic rings. The van der Waals surface area contributed by atoms with Crippen LogP contribution in [0.2, 0.25) is 5.02 Å². The lowest BCUT2D eigenvalue weighted by Gasteiger charge is -2.21. The summed E-state index contributed by atoms with van der Waals surface area (Å²) in [6.45, 7) is -0.110. The molecule has 0 aliphatic carbocycles. The zero-order valence-electron chi connectivity index (χ0n) is 19.2. The lowest BCUT2D eigenvalue weighted by Crippen LogP contribution is -2.40. The smallest absolute Gasteiger partial charge is 0.325 e. The van der Waals surface area contributed by atoms with Gasteiger partial charge in [0.25, 0.3) is 5.91 Å². The fourth-order valence-corrected chi connectivity index (χ4v) is 7.47. The first-order chi connectivity index (χ1) is 16.9. The highest BCUT2D eigenvalue weighted by atomic mass is 35.5. The van der Waals surface area contributed by atoms with Gasteiger partial charge >= 0.3 is 5.97 Å². The number of esters is 1. The molecule has 1 amide bonds. The average Bonchev–Trinajstić information content (AvgIpc) is 3.44. The number of aromatic nitrogens is 1. The van der Waals surface area contributed by atoms with Gasteiger partial charge in [0.1, 0.15) is 12.6 Å². The monoisotopic (exact) mass is 571 g/mol. The molecule has 2 aromatic carbocycles. The van der Waals surface area contributed by atoms with E-state index < -0.39 is 37.8 Å². The van der Waals surface area contributed by atoms with Gasteiger partial charge in [-0.3, -0.25) is 9.59 Å². The molecular formula is C22H22ClN3O7S3. The molecule has 1 saturated heterocycles. The van der Waals surface area contributed by atoms with Gasteiger partial charge in [-0.1, -0.05) is 22.9 Å². The maximum atomic E-state index is 13.3. The summed E-state index contributed by atoms with van der Waals surface area (Å²) in [6.07, 6.45) is 1.84. The summed E-state index contributed by atoms with van der Waals surface area (Å²) in [6, 6.07) is 9.04. The lowest BCUT2D eigenvalue weighted by molar-refractivity contribution is -0.141. The predicted molar refractivity (Wildman–Crippen MR) is 134 cm³/mol. The van der Waals surface area contributed by atoms with E-state index in [-0.39, 0.29) is 34.1 Å². The minimum absolute atomic E-state index is 0.0162. The normalized spacial score (nSPS) is 17.5. The molecule has 0 spiro atoms. The van der Waals surface area contributed by atoms with Gasteiger partial charge in [-0.25, -0.2) is 16.8 Å². The van der Waals surface area contributed by atoms with Crippen molar-refractivity contribution in [3.63, 3.8) is 0 Å². The molecule has 1 aromatic heterocycles. The molecule has 3 aromatic rings. The second-order valence-electron chi connectivity index (χ2n) is 8.13. The summed E-state index contributed by atoms with van der Waals surface area (Å²) in [5.41, 5.74) is 0.487. The third kappa shape index (κ3) is 5.25. The molecule has 14 heteroatoms. The Morgan fingerprint density at radius 1 is 1.11 bits per heavy atom. The molecule has 1 unspecified atom stereocenters. The van der Waals surface area contributed by atoms with Crippen LogP contribution in [0, 0.1) is 0 Å². The molecule has 0 saturated carbocycles. The van der Waals surface area contributed by atoms with Gasteiger partial charge in [0, 0.05) is 17.8 Å². The third-order valence-electron chi connectivity index (χ3n) is 5.71. The molecule has 192 valence electrons. The topological polar surface area (TPSA) is 132 Å². The van der Waals surface area contributed by atoms with Gasteiger partial charge in [-0.05, 0) is 55.3 Å². The first-order valence-corrected chi connectivity index (χ1v) is 15.2. The molecule has 36 heavy (non-hydrogen) atoms. The first kappa shape index (κ1) is 26.5. The van der Waals surface area contributed by atoms with Crippen LogP contribution in [0.4, 0.5) is 0 Å². The number of fused-ring (bicyclic) bond motifs is 1. The van der Waals surface area contributed by atoms with Crippen LogP contribution in [0.25, 0.3) is 10.2 Å². The lowest BCUT2D eigenvalue weighted by atomic mass is 10.2. The molecule has 0 radical (unpaired) electrons. The number of carbonyl (C=O) groups is 2. The average molecular weight is 572 g/mol. The van der Waals surface area contributed by atoms with Crippen LogP contribution in [0.5, 0.6) is 0 Å². The van der Waals surface area contributed by atoms with Gasteiger partial charge in [0.05, 0.1) is 27.1 Å². The Labute approximate surface area is 216 Å². The quantitative estimate of drug-likeness (QED) is 0.414. The summed E-state index contributed by atoms with van der Waals surface area (Å²) in [7, 11) is -6.24. The minimum atomic E-state index is -3.97. The molecule has 0 bridgehead atoms. The van der Waals surface area contributed by atoms with E-state index in [1.54, 1.807) is 0 Å². The van der Waals surface area contributed by atoms with Crippen LogP contribution < -0.4 is 4.80 Å². The van der Waals surface area contributed by atoms with Crippen molar-refractivity contribution in [2.75, 3.05) is 19.9 Å². The molecule has 1 aliphatic heterocycles. The minimum Gasteiger partial charge on any atom is -0.468 e. The summed E-state index contributed by atoms with van der Waals surface area (Å²) in [5, 5.41) is 0.386. The van der Waals surface area contributed by atoms with Gasteiger partial charge < -0.3 is 9.30 Å². The van der Waals surface area contributed by atoms with Crippen LogP contribution in [0.15, 0.2) is 57.2 Å². The summed E-state index contributed by atoms with van der Waals surface area (Å²) >= 11 is 6.90. The predicted octanol–water partition coefficient (Wildman–Crippen LogP) is 2.21. The van der Waals surface area contributed by atoms with E-state index in [1.807, 2.05) is 0 Å². The largest absolute Gasteiger partial charge is 0.468 e. The van der Waals surface area contributed by atoms with Crippen molar-refractivity contribution in [2.45, 2.75) is 35.2 Å². The number of methoxy groups -OCH3 is 1. The highest BCUT2D eigenvalue weighted by Gasteiger charge is 2.39. The Morgan fingerprint density at radius 3 is 2.42 bits per heavy atom. The number of sulfonamides is 1. The van der Waals surface area contributed by atoms with Crippen LogP contribution in [0.3, 0.4) is 0 Å². The first-order valence-electron chi connectivity index (χ1n) is 10.7. The van der Waals surface area contributed by atoms with Crippen molar-refractivity contribution in [1.29, 1.82) is 0 Å². The van der Waals surface area contributed by atoms with E-state index in [0.29, 0.717) is 21.7 Å². The summed E-state index contributed by atoms with van der Waals surface area (Å²) in [5.74, 6) is -1.28. The summed E-state index contributed by atoms with van der Waals surface area (Å²) < 4.78 is 58.2. The third-order valence-corrected chi connectivity index (χ3v) is 10.0. The molecule has 2 heterocycles. The summed E-state index contributed by atoms with van der Waals surface area (Å²) in [4.78, 5) is 29.7. The van der Waals surface area contributed by atoms with Crippen molar-refractivity contribution in [1.82, 2.24) is 8.87 Å². The Morgan fingerprint density at radius 2 is 1.78 bits per heavy atom. The number of carbonyl (C=O) groups excluding carboxylic acids is 2. The molecule has 0 N–H and O–H groups in total. The van der Waals surface area contributed by atoms with Crippen LogP contribution in [0.1, 0.15) is 12.8 Å². The number of benzene rings is 2. The van der Waals surface area contributed by atoms with Crippen molar-refractivity contribution >= 4 is 64.9 Å². The van der Waals surface area contributed by atoms with Crippen LogP contribution in [-0.2, 0) is 40.7 Å². The van der Waals surface area contributed by atoms with Crippen molar-refractivity contribution in [2.24, 2.45) is 4.99 Å². The van der Waals surface area contributed by atoms with Crippen molar-refractivity contribution in [3.05, 3.63) is 52.3 Å². The number of hydrogen-bond donors (Lipinski definition) is 0. The van der Waals surface area contributed by atoms with E-state index in [2.05, 4.69) is 4.99 Å². The SMILES string of the molecule is COC(=O)Cn1c(=NC(=O)C2CCCN2S(=O)(=O)c2ccc(Cl)cc2)sc2cc(S(C)(=O)=O)ccc21. The number of amides is 1. The Balaban J connectivity index is 1.77. The fraction of sp³-hybridized carbons (Fsp3) is 0.318. The number of ether oxygens (including phenoxy) is 1. The highest BCUT2D eigenvalue weighted by molar-refractivity contribution is 7.90. The zero-order chi connectivity index (χ0) is 26.3. The Kier molecular flexibility index (Phi) is 7.40. The van der Waals surface area contributed by atoms with Crippen LogP contribution >= 0.6 is 22.9 Å². The number of hydrogen-bond acceptors (Lipinski definition) is 8. The van der Waals surface area contributed by atoms with Gasteiger partial charge in [-0.15, -0.1) is 0 Å². The number of rotatable bonds is 6. The van der Waals surface area contributed by atoms with Crippen LogP contribution in [-0.4, -0.2) is 63.5 Å². The van der Waals surface area contributed by atoms with Gasteiger partial charge in [0.2, 0.25) is 10.0 Å². The van der Waals surface area contributed by atoms with Crippen molar-refractivity contribution in [3.8, 4) is 0 Å². The second kappa shape index (κ2) is 10.1. The number of thiazole rings is 1. The van der Waals surface area contributed by atoms with Gasteiger partial charge in [0.15, 0.2) is 14.6 Å². The molecule has 1 atom stereocenters. The fourth-order valence-electron chi connectivity index (χ4n) is 3.90. The Bertz CT molecular complexity index is 1630. The highest BCUT2D eigenvalue weighted by Crippen LogP contribution is 2.28. The maximum absolute atomic E-state index is 13.3. The van der Waals surface area contributed by atoms with E-state index in [9.17, 15) is 26.4 Å². The maximum Gasteiger partial charge on any atom is 0.325 e. The number of nitrogens with zero attached hydrogens (tertiary/aromatic N) is 3. The molecule has 4 rings (SSSR count). The van der Waals surface area contributed by atoms with E-state index in [0.717, 1.165) is 21.9 Å². The van der Waals surface area contributed by atoms with E-state index >= 15 is 0 Å².